The van der Waals surface area contributed by atoms with E-state index in [-0.39, 0.29) is 17.7 Å². The van der Waals surface area contributed by atoms with Crippen LogP contribution in [0.1, 0.15) is 37.7 Å². The van der Waals surface area contributed by atoms with Gasteiger partial charge in [0.05, 0.1) is 24.5 Å². The molecular weight excluding hydrogens is 272 g/mol. The molecule has 0 spiro atoms. The molecule has 0 aliphatic rings. The number of rotatable bonds is 5. The standard InChI is InChI=1S/C16H18O5/c1-3-6-10(9-13(17)20-2)14-15(18)11-7-4-5-8-12(11)21-16(14)19/h4-5,7-8,10,18H,3,6,9H2,1-2H3. The summed E-state index contributed by atoms with van der Waals surface area (Å²) >= 11 is 0. The van der Waals surface area contributed by atoms with Gasteiger partial charge in [0, 0.05) is 5.92 Å². The molecule has 0 aliphatic heterocycles. The normalized spacial score (nSPS) is 12.3. The lowest BCUT2D eigenvalue weighted by atomic mass is 9.91. The van der Waals surface area contributed by atoms with Crippen LogP contribution in [0.25, 0.3) is 11.0 Å². The monoisotopic (exact) mass is 290 g/mol. The molecule has 0 amide bonds. The van der Waals surface area contributed by atoms with Crippen LogP contribution >= 0.6 is 0 Å². The number of methoxy groups -OCH3 is 1. The maximum Gasteiger partial charge on any atom is 0.343 e. The van der Waals surface area contributed by atoms with Gasteiger partial charge in [-0.15, -0.1) is 0 Å². The van der Waals surface area contributed by atoms with Crippen molar-refractivity contribution in [3.63, 3.8) is 0 Å². The lowest BCUT2D eigenvalue weighted by molar-refractivity contribution is -0.141. The zero-order chi connectivity index (χ0) is 15.4. The van der Waals surface area contributed by atoms with E-state index in [1.54, 1.807) is 24.3 Å². The molecule has 1 N–H and O–H groups in total. The highest BCUT2D eigenvalue weighted by atomic mass is 16.5. The lowest BCUT2D eigenvalue weighted by Gasteiger charge is -2.16. The molecule has 21 heavy (non-hydrogen) atoms. The fourth-order valence-electron chi connectivity index (χ4n) is 2.49. The Morgan fingerprint density at radius 2 is 2.10 bits per heavy atom. The number of ether oxygens (including phenoxy) is 1. The van der Waals surface area contributed by atoms with E-state index in [4.69, 9.17) is 4.42 Å². The van der Waals surface area contributed by atoms with Gasteiger partial charge in [0.25, 0.3) is 0 Å². The maximum atomic E-state index is 12.2. The van der Waals surface area contributed by atoms with Crippen LogP contribution in [0.3, 0.4) is 0 Å². The second kappa shape index (κ2) is 6.43. The third kappa shape index (κ3) is 3.07. The molecule has 2 aromatic rings. The zero-order valence-electron chi connectivity index (χ0n) is 12.1. The molecule has 0 aliphatic carbocycles. The smallest absolute Gasteiger partial charge is 0.343 e. The number of esters is 1. The summed E-state index contributed by atoms with van der Waals surface area (Å²) in [5.41, 5.74) is -0.119. The number of carbonyl (C=O) groups is 1. The molecule has 0 radical (unpaired) electrons. The third-order valence-corrected chi connectivity index (χ3v) is 3.51. The largest absolute Gasteiger partial charge is 0.507 e. The molecular formula is C16H18O5. The topological polar surface area (TPSA) is 76.7 Å². The highest BCUT2D eigenvalue weighted by molar-refractivity contribution is 5.84. The van der Waals surface area contributed by atoms with Crippen LogP contribution in [-0.2, 0) is 9.53 Å². The second-order valence-corrected chi connectivity index (χ2v) is 4.91. The maximum absolute atomic E-state index is 12.2. The van der Waals surface area contributed by atoms with Crippen molar-refractivity contribution in [2.75, 3.05) is 7.11 Å². The Morgan fingerprint density at radius 3 is 2.76 bits per heavy atom. The first kappa shape index (κ1) is 15.1. The summed E-state index contributed by atoms with van der Waals surface area (Å²) in [4.78, 5) is 23.7. The number of hydrogen-bond donors (Lipinski definition) is 1. The minimum atomic E-state index is -0.603. The molecule has 0 fully saturated rings. The van der Waals surface area contributed by atoms with Gasteiger partial charge in [-0.3, -0.25) is 4.79 Å². The molecule has 1 unspecified atom stereocenters. The molecule has 1 aromatic heterocycles. The van der Waals surface area contributed by atoms with Gasteiger partial charge in [0.2, 0.25) is 0 Å². The van der Waals surface area contributed by atoms with Crippen LogP contribution in [0.15, 0.2) is 33.5 Å². The molecule has 5 nitrogen and oxygen atoms in total. The van der Waals surface area contributed by atoms with E-state index in [1.165, 1.54) is 7.11 Å². The van der Waals surface area contributed by atoms with Gasteiger partial charge >= 0.3 is 11.6 Å². The average molecular weight is 290 g/mol. The predicted octanol–water partition coefficient (Wildman–Crippen LogP) is 2.95. The predicted molar refractivity (Wildman–Crippen MR) is 78.4 cm³/mol. The van der Waals surface area contributed by atoms with Gasteiger partial charge < -0.3 is 14.3 Å². The summed E-state index contributed by atoms with van der Waals surface area (Å²) in [6.45, 7) is 1.95. The van der Waals surface area contributed by atoms with E-state index in [9.17, 15) is 14.7 Å². The number of aromatic hydroxyl groups is 1. The van der Waals surface area contributed by atoms with E-state index < -0.39 is 17.5 Å². The van der Waals surface area contributed by atoms with Crippen molar-refractivity contribution < 1.29 is 19.1 Å². The summed E-state index contributed by atoms with van der Waals surface area (Å²) in [6.07, 6.45) is 1.40. The minimum Gasteiger partial charge on any atom is -0.507 e. The van der Waals surface area contributed by atoms with Gasteiger partial charge in [-0.2, -0.15) is 0 Å². The Balaban J connectivity index is 2.56. The van der Waals surface area contributed by atoms with E-state index in [1.807, 2.05) is 6.92 Å². The molecule has 2 rings (SSSR count). The van der Waals surface area contributed by atoms with Crippen LogP contribution in [0.4, 0.5) is 0 Å². The fourth-order valence-corrected chi connectivity index (χ4v) is 2.49. The van der Waals surface area contributed by atoms with Crippen molar-refractivity contribution in [3.05, 3.63) is 40.2 Å². The number of fused-ring (bicyclic) bond motifs is 1. The number of carbonyl (C=O) groups excluding carboxylic acids is 1. The Labute approximate surface area is 122 Å². The van der Waals surface area contributed by atoms with E-state index in [0.29, 0.717) is 17.4 Å². The first-order chi connectivity index (χ1) is 10.1. The first-order valence-electron chi connectivity index (χ1n) is 6.90. The van der Waals surface area contributed by atoms with Gasteiger partial charge in [0.15, 0.2) is 0 Å². The second-order valence-electron chi connectivity index (χ2n) is 4.91. The fraction of sp³-hybridized carbons (Fsp3) is 0.375. The third-order valence-electron chi connectivity index (χ3n) is 3.51. The van der Waals surface area contributed by atoms with E-state index in [2.05, 4.69) is 4.74 Å². The SMILES string of the molecule is CCCC(CC(=O)OC)c1c(O)c2ccccc2oc1=O. The van der Waals surface area contributed by atoms with Gasteiger partial charge in [-0.1, -0.05) is 25.5 Å². The van der Waals surface area contributed by atoms with Crippen LogP contribution < -0.4 is 5.63 Å². The Bertz CT molecular complexity index is 701. The number of para-hydroxylation sites is 1. The zero-order valence-corrected chi connectivity index (χ0v) is 12.1. The van der Waals surface area contributed by atoms with Crippen LogP contribution in [0.5, 0.6) is 5.75 Å². The Morgan fingerprint density at radius 1 is 1.38 bits per heavy atom. The summed E-state index contributed by atoms with van der Waals surface area (Å²) < 4.78 is 9.91. The molecule has 112 valence electrons. The Kier molecular flexibility index (Phi) is 4.62. The van der Waals surface area contributed by atoms with Crippen LogP contribution in [-0.4, -0.2) is 18.2 Å². The number of benzene rings is 1. The summed E-state index contributed by atoms with van der Waals surface area (Å²) in [5, 5.41) is 10.9. The highest BCUT2D eigenvalue weighted by Crippen LogP contribution is 2.34. The molecule has 0 saturated carbocycles. The lowest BCUT2D eigenvalue weighted by Crippen LogP contribution is -2.17. The van der Waals surface area contributed by atoms with Crippen molar-refractivity contribution in [1.29, 1.82) is 0 Å². The number of hydrogen-bond acceptors (Lipinski definition) is 5. The van der Waals surface area contributed by atoms with Crippen molar-refractivity contribution in [1.82, 2.24) is 0 Å². The van der Waals surface area contributed by atoms with Crippen molar-refractivity contribution in [3.8, 4) is 5.75 Å². The Hall–Kier alpha value is -2.30. The molecule has 1 atom stereocenters. The summed E-state index contributed by atoms with van der Waals surface area (Å²) in [5.74, 6) is -0.937. The summed E-state index contributed by atoms with van der Waals surface area (Å²) in [7, 11) is 1.30. The highest BCUT2D eigenvalue weighted by Gasteiger charge is 2.25. The van der Waals surface area contributed by atoms with Gasteiger partial charge in [-0.05, 0) is 18.6 Å². The molecule has 1 aromatic carbocycles. The van der Waals surface area contributed by atoms with E-state index in [0.717, 1.165) is 6.42 Å². The minimum absolute atomic E-state index is 0.0427. The van der Waals surface area contributed by atoms with Crippen molar-refractivity contribution in [2.24, 2.45) is 0 Å². The molecule has 0 bridgehead atoms. The summed E-state index contributed by atoms with van der Waals surface area (Å²) in [6, 6.07) is 6.77. The van der Waals surface area contributed by atoms with Crippen LogP contribution in [0.2, 0.25) is 0 Å². The van der Waals surface area contributed by atoms with Crippen molar-refractivity contribution >= 4 is 16.9 Å². The van der Waals surface area contributed by atoms with E-state index >= 15 is 0 Å². The van der Waals surface area contributed by atoms with Crippen molar-refractivity contribution in [2.45, 2.75) is 32.1 Å². The van der Waals surface area contributed by atoms with Crippen LogP contribution in [0, 0.1) is 0 Å². The molecule has 0 saturated heterocycles. The van der Waals surface area contributed by atoms with Gasteiger partial charge in [-0.25, -0.2) is 4.79 Å². The quantitative estimate of drug-likeness (QED) is 0.676. The average Bonchev–Trinajstić information content (AvgIpc) is 2.47. The molecule has 5 heteroatoms. The molecule has 1 heterocycles. The van der Waals surface area contributed by atoms with Gasteiger partial charge in [0.1, 0.15) is 11.3 Å². The first-order valence-corrected chi connectivity index (χ1v) is 6.90.